The molecule has 0 heterocycles. The van der Waals surface area contributed by atoms with Crippen molar-refractivity contribution in [1.29, 1.82) is 0 Å². The van der Waals surface area contributed by atoms with E-state index in [1.54, 1.807) is 7.11 Å². The van der Waals surface area contributed by atoms with Crippen molar-refractivity contribution in [2.24, 2.45) is 5.73 Å². The van der Waals surface area contributed by atoms with Crippen molar-refractivity contribution in [1.82, 2.24) is 0 Å². The van der Waals surface area contributed by atoms with Gasteiger partial charge < -0.3 is 10.5 Å². The van der Waals surface area contributed by atoms with Crippen LogP contribution in [0.2, 0.25) is 0 Å². The molecular formula is C14H19F4NO. The van der Waals surface area contributed by atoms with Crippen LogP contribution in [0.3, 0.4) is 0 Å². The van der Waals surface area contributed by atoms with Gasteiger partial charge in [0.1, 0.15) is 5.82 Å². The first-order valence-corrected chi connectivity index (χ1v) is 6.36. The number of nitrogens with two attached hydrogens (primary N) is 1. The molecule has 114 valence electrons. The van der Waals surface area contributed by atoms with Gasteiger partial charge >= 0.3 is 6.18 Å². The van der Waals surface area contributed by atoms with Gasteiger partial charge in [-0.3, -0.25) is 0 Å². The summed E-state index contributed by atoms with van der Waals surface area (Å²) in [5.74, 6) is -1.20. The lowest BCUT2D eigenvalue weighted by Gasteiger charge is -2.13. The van der Waals surface area contributed by atoms with Crippen LogP contribution >= 0.6 is 0 Å². The zero-order valence-corrected chi connectivity index (χ0v) is 11.6. The van der Waals surface area contributed by atoms with Crippen LogP contribution in [0, 0.1) is 12.7 Å². The van der Waals surface area contributed by atoms with E-state index in [9.17, 15) is 17.6 Å². The van der Waals surface area contributed by atoms with Gasteiger partial charge in [0.15, 0.2) is 0 Å². The molecule has 0 bridgehead atoms. The summed E-state index contributed by atoms with van der Waals surface area (Å²) in [6.45, 7) is 1.75. The Bertz CT molecular complexity index is 446. The highest BCUT2D eigenvalue weighted by Crippen LogP contribution is 2.33. The Labute approximate surface area is 115 Å². The Morgan fingerprint density at radius 2 is 1.95 bits per heavy atom. The van der Waals surface area contributed by atoms with Gasteiger partial charge in [0.2, 0.25) is 0 Å². The number of rotatable bonds is 6. The molecule has 0 aliphatic rings. The van der Waals surface area contributed by atoms with E-state index in [0.717, 1.165) is 6.07 Å². The number of ether oxygens (including phenoxy) is 1. The number of benzene rings is 1. The highest BCUT2D eigenvalue weighted by atomic mass is 19.4. The molecule has 1 rings (SSSR count). The lowest BCUT2D eigenvalue weighted by molar-refractivity contribution is -0.140. The fourth-order valence-electron chi connectivity index (χ4n) is 2.06. The molecule has 0 fully saturated rings. The SMILES string of the molecule is COC[C@H](N)CCCc1cc(C)c(F)c(C(F)(F)F)c1. The van der Waals surface area contributed by atoms with Crippen LogP contribution < -0.4 is 5.73 Å². The molecule has 0 aliphatic carbocycles. The van der Waals surface area contributed by atoms with Crippen LogP contribution in [0.1, 0.15) is 29.5 Å². The van der Waals surface area contributed by atoms with Crippen LogP contribution in [0.15, 0.2) is 12.1 Å². The smallest absolute Gasteiger partial charge is 0.383 e. The molecule has 0 radical (unpaired) electrons. The average Bonchev–Trinajstić information content (AvgIpc) is 2.32. The Hall–Kier alpha value is -1.14. The van der Waals surface area contributed by atoms with Crippen LogP contribution in [0.4, 0.5) is 17.6 Å². The van der Waals surface area contributed by atoms with Gasteiger partial charge in [0, 0.05) is 13.2 Å². The third kappa shape index (κ3) is 4.76. The first-order chi connectivity index (χ1) is 9.25. The van der Waals surface area contributed by atoms with E-state index < -0.39 is 17.6 Å². The third-order valence-electron chi connectivity index (χ3n) is 3.04. The van der Waals surface area contributed by atoms with Crippen LogP contribution in [-0.2, 0) is 17.3 Å². The van der Waals surface area contributed by atoms with E-state index in [-0.39, 0.29) is 11.6 Å². The van der Waals surface area contributed by atoms with Crippen LogP contribution in [0.25, 0.3) is 0 Å². The zero-order valence-electron chi connectivity index (χ0n) is 11.6. The molecule has 0 aliphatic heterocycles. The van der Waals surface area contributed by atoms with Crippen molar-refractivity contribution < 1.29 is 22.3 Å². The number of alkyl halides is 3. The first-order valence-electron chi connectivity index (χ1n) is 6.36. The van der Waals surface area contributed by atoms with E-state index in [4.69, 9.17) is 10.5 Å². The predicted octanol–water partition coefficient (Wildman–Crippen LogP) is 3.45. The predicted molar refractivity (Wildman–Crippen MR) is 68.9 cm³/mol. The number of hydrogen-bond acceptors (Lipinski definition) is 2. The minimum atomic E-state index is -4.67. The van der Waals surface area contributed by atoms with E-state index >= 15 is 0 Å². The molecule has 1 aromatic carbocycles. The first kappa shape index (κ1) is 16.9. The molecule has 0 saturated heterocycles. The standard InChI is InChI=1S/C14H19F4NO/c1-9-6-10(4-3-5-11(19)8-20-2)7-12(13(9)15)14(16,17)18/h6-7,11H,3-5,8,19H2,1-2H3/t11-/m1/s1. The summed E-state index contributed by atoms with van der Waals surface area (Å²) < 4.78 is 56.4. The van der Waals surface area contributed by atoms with Gasteiger partial charge in [-0.25, -0.2) is 4.39 Å². The highest BCUT2D eigenvalue weighted by Gasteiger charge is 2.34. The number of methoxy groups -OCH3 is 1. The summed E-state index contributed by atoms with van der Waals surface area (Å²) in [6, 6.07) is 2.19. The van der Waals surface area contributed by atoms with Gasteiger partial charge in [-0.15, -0.1) is 0 Å². The van der Waals surface area contributed by atoms with Crippen LogP contribution in [-0.4, -0.2) is 19.8 Å². The van der Waals surface area contributed by atoms with Crippen molar-refractivity contribution in [3.05, 3.63) is 34.6 Å². The number of aryl methyl sites for hydroxylation is 2. The van der Waals surface area contributed by atoms with Crippen molar-refractivity contribution >= 4 is 0 Å². The van der Waals surface area contributed by atoms with Gasteiger partial charge in [0.25, 0.3) is 0 Å². The summed E-state index contributed by atoms with van der Waals surface area (Å²) in [4.78, 5) is 0. The monoisotopic (exact) mass is 293 g/mol. The van der Waals surface area contributed by atoms with Gasteiger partial charge in [-0.05, 0) is 43.4 Å². The molecule has 1 aromatic rings. The Morgan fingerprint density at radius 3 is 2.50 bits per heavy atom. The molecule has 20 heavy (non-hydrogen) atoms. The van der Waals surface area contributed by atoms with E-state index in [0.29, 0.717) is 31.4 Å². The fraction of sp³-hybridized carbons (Fsp3) is 0.571. The van der Waals surface area contributed by atoms with Crippen molar-refractivity contribution in [3.63, 3.8) is 0 Å². The van der Waals surface area contributed by atoms with Gasteiger partial charge in [-0.2, -0.15) is 13.2 Å². The lowest BCUT2D eigenvalue weighted by Crippen LogP contribution is -2.25. The second-order valence-electron chi connectivity index (χ2n) is 4.88. The third-order valence-corrected chi connectivity index (χ3v) is 3.04. The average molecular weight is 293 g/mol. The summed E-state index contributed by atoms with van der Waals surface area (Å²) in [5.41, 5.74) is 5.02. The van der Waals surface area contributed by atoms with Crippen molar-refractivity contribution in [2.75, 3.05) is 13.7 Å². The summed E-state index contributed by atoms with van der Waals surface area (Å²) in [5, 5.41) is 0. The Balaban J connectivity index is 2.75. The molecule has 0 aromatic heterocycles. The minimum Gasteiger partial charge on any atom is -0.383 e. The zero-order chi connectivity index (χ0) is 15.3. The summed E-state index contributed by atoms with van der Waals surface area (Å²) >= 11 is 0. The highest BCUT2D eigenvalue weighted by molar-refractivity contribution is 5.33. The van der Waals surface area contributed by atoms with Crippen molar-refractivity contribution in [3.8, 4) is 0 Å². The molecule has 0 saturated carbocycles. The number of halogens is 4. The summed E-state index contributed by atoms with van der Waals surface area (Å²) in [6.07, 6.45) is -2.96. The quantitative estimate of drug-likeness (QED) is 0.815. The van der Waals surface area contributed by atoms with E-state index in [1.807, 2.05) is 0 Å². The van der Waals surface area contributed by atoms with E-state index in [2.05, 4.69) is 0 Å². The maximum Gasteiger partial charge on any atom is 0.419 e. The fourth-order valence-corrected chi connectivity index (χ4v) is 2.06. The second kappa shape index (κ2) is 7.04. The second-order valence-corrected chi connectivity index (χ2v) is 4.88. The lowest BCUT2D eigenvalue weighted by atomic mass is 10.00. The van der Waals surface area contributed by atoms with Gasteiger partial charge in [0.05, 0.1) is 12.2 Å². The molecule has 6 heteroatoms. The Kier molecular flexibility index (Phi) is 5.95. The normalized spacial score (nSPS) is 13.6. The molecule has 0 amide bonds. The maximum absolute atomic E-state index is 13.5. The minimum absolute atomic E-state index is 0.0102. The molecule has 2 nitrogen and oxygen atoms in total. The van der Waals surface area contributed by atoms with Crippen molar-refractivity contribution in [2.45, 2.75) is 38.4 Å². The summed E-state index contributed by atoms with van der Waals surface area (Å²) in [7, 11) is 1.54. The largest absolute Gasteiger partial charge is 0.419 e. The molecule has 1 atom stereocenters. The topological polar surface area (TPSA) is 35.2 Å². The van der Waals surface area contributed by atoms with Gasteiger partial charge in [-0.1, -0.05) is 6.07 Å². The van der Waals surface area contributed by atoms with E-state index in [1.165, 1.54) is 13.0 Å². The molecular weight excluding hydrogens is 274 g/mol. The van der Waals surface area contributed by atoms with Crippen LogP contribution in [0.5, 0.6) is 0 Å². The Morgan fingerprint density at radius 1 is 1.30 bits per heavy atom. The maximum atomic E-state index is 13.5. The number of hydrogen-bond donors (Lipinski definition) is 1. The molecule has 0 unspecified atom stereocenters. The molecule has 0 spiro atoms. The molecule has 2 N–H and O–H groups in total.